The van der Waals surface area contributed by atoms with E-state index in [2.05, 4.69) is 15.3 Å². The van der Waals surface area contributed by atoms with Crippen molar-refractivity contribution in [3.63, 3.8) is 0 Å². The van der Waals surface area contributed by atoms with Gasteiger partial charge in [-0.3, -0.25) is 4.79 Å². The zero-order valence-corrected chi connectivity index (χ0v) is 17.7. The van der Waals surface area contributed by atoms with E-state index in [1.165, 1.54) is 11.3 Å². The number of aromatic nitrogens is 3. The maximum absolute atomic E-state index is 12.6. The fourth-order valence-electron chi connectivity index (χ4n) is 2.90. The van der Waals surface area contributed by atoms with E-state index in [9.17, 15) is 4.79 Å². The Bertz CT molecular complexity index is 944. The van der Waals surface area contributed by atoms with E-state index < -0.39 is 0 Å². The number of carbonyl (C=O) groups is 1. The zero-order valence-electron chi connectivity index (χ0n) is 16.9. The molecule has 1 amide bonds. The lowest BCUT2D eigenvalue weighted by Crippen LogP contribution is -2.26. The molecule has 1 N–H and O–H groups in total. The number of methoxy groups -OCH3 is 3. The van der Waals surface area contributed by atoms with Crippen LogP contribution in [0.2, 0.25) is 0 Å². The minimum Gasteiger partial charge on any atom is -0.493 e. The molecule has 0 saturated carbocycles. The minimum atomic E-state index is -0.178. The van der Waals surface area contributed by atoms with Gasteiger partial charge in [-0.15, -0.1) is 11.3 Å². The monoisotopic (exact) mass is 416 g/mol. The van der Waals surface area contributed by atoms with Gasteiger partial charge in [0.05, 0.1) is 27.7 Å². The van der Waals surface area contributed by atoms with Crippen molar-refractivity contribution in [3.8, 4) is 27.8 Å². The second-order valence-electron chi connectivity index (χ2n) is 6.25. The van der Waals surface area contributed by atoms with Crippen LogP contribution in [-0.2, 0) is 6.54 Å². The van der Waals surface area contributed by atoms with Gasteiger partial charge in [0.1, 0.15) is 10.7 Å². The second kappa shape index (κ2) is 9.42. The number of thiazole rings is 1. The predicted octanol–water partition coefficient (Wildman–Crippen LogP) is 3.16. The molecule has 29 heavy (non-hydrogen) atoms. The van der Waals surface area contributed by atoms with Crippen molar-refractivity contribution in [2.75, 3.05) is 27.9 Å². The predicted molar refractivity (Wildman–Crippen MR) is 111 cm³/mol. The maximum atomic E-state index is 12.6. The Hall–Kier alpha value is -3.07. The number of benzene rings is 1. The minimum absolute atomic E-state index is 0.178. The lowest BCUT2D eigenvalue weighted by atomic mass is 10.2. The molecule has 8 nitrogen and oxygen atoms in total. The van der Waals surface area contributed by atoms with E-state index in [-0.39, 0.29) is 5.91 Å². The van der Waals surface area contributed by atoms with Crippen molar-refractivity contribution in [2.45, 2.75) is 19.9 Å². The van der Waals surface area contributed by atoms with Crippen LogP contribution >= 0.6 is 11.3 Å². The number of carbonyl (C=O) groups excluding carboxylic acids is 1. The van der Waals surface area contributed by atoms with E-state index in [0.29, 0.717) is 34.5 Å². The third kappa shape index (κ3) is 4.68. The third-order valence-corrected chi connectivity index (χ3v) is 5.38. The van der Waals surface area contributed by atoms with E-state index >= 15 is 0 Å². The molecule has 154 valence electrons. The molecule has 0 aliphatic rings. The van der Waals surface area contributed by atoms with Gasteiger partial charge in [-0.2, -0.15) is 0 Å². The van der Waals surface area contributed by atoms with Gasteiger partial charge in [0, 0.05) is 35.9 Å². The highest BCUT2D eigenvalue weighted by molar-refractivity contribution is 7.15. The SMILES string of the molecule is COc1cc(-c2nc(C(=O)NCCCn3ccnc3)c(C)s2)cc(OC)c1OC. The summed E-state index contributed by atoms with van der Waals surface area (Å²) in [5.74, 6) is 1.42. The van der Waals surface area contributed by atoms with Crippen LogP contribution in [0.15, 0.2) is 30.9 Å². The fraction of sp³-hybridized carbons (Fsp3) is 0.350. The Balaban J connectivity index is 1.73. The standard InChI is InChI=1S/C20H24N4O4S/c1-13-17(19(25)22-6-5-8-24-9-7-21-12-24)23-20(29-13)14-10-15(26-2)18(28-4)16(11-14)27-3/h7,9-12H,5-6,8H2,1-4H3,(H,22,25). The van der Waals surface area contributed by atoms with Gasteiger partial charge in [0.2, 0.25) is 5.75 Å². The molecular weight excluding hydrogens is 392 g/mol. The Morgan fingerprint density at radius 1 is 1.17 bits per heavy atom. The number of rotatable bonds is 9. The molecule has 3 aromatic rings. The van der Waals surface area contributed by atoms with Crippen LogP contribution in [0.3, 0.4) is 0 Å². The van der Waals surface area contributed by atoms with Gasteiger partial charge in [-0.25, -0.2) is 9.97 Å². The smallest absolute Gasteiger partial charge is 0.271 e. The Labute approximate surface area is 173 Å². The van der Waals surface area contributed by atoms with E-state index in [0.717, 1.165) is 23.4 Å². The summed E-state index contributed by atoms with van der Waals surface area (Å²) in [6.45, 7) is 3.25. The number of amides is 1. The molecule has 0 radical (unpaired) electrons. The molecule has 1 aromatic carbocycles. The van der Waals surface area contributed by atoms with Crippen molar-refractivity contribution in [3.05, 3.63) is 41.4 Å². The first-order valence-electron chi connectivity index (χ1n) is 9.09. The molecule has 0 fully saturated rings. The first kappa shape index (κ1) is 20.7. The molecule has 0 aliphatic carbocycles. The quantitative estimate of drug-likeness (QED) is 0.539. The number of aryl methyl sites for hydroxylation is 2. The van der Waals surface area contributed by atoms with Crippen LogP contribution in [0.25, 0.3) is 10.6 Å². The van der Waals surface area contributed by atoms with Crippen LogP contribution < -0.4 is 19.5 Å². The van der Waals surface area contributed by atoms with E-state index in [1.54, 1.807) is 33.9 Å². The average molecular weight is 417 g/mol. The molecule has 0 saturated heterocycles. The average Bonchev–Trinajstić information content (AvgIpc) is 3.39. The first-order valence-corrected chi connectivity index (χ1v) is 9.90. The van der Waals surface area contributed by atoms with Crippen LogP contribution in [0, 0.1) is 6.92 Å². The summed E-state index contributed by atoms with van der Waals surface area (Å²) in [4.78, 5) is 22.0. The van der Waals surface area contributed by atoms with Crippen LogP contribution in [0.1, 0.15) is 21.8 Å². The summed E-state index contributed by atoms with van der Waals surface area (Å²) < 4.78 is 18.2. The molecule has 2 heterocycles. The van der Waals surface area contributed by atoms with Gasteiger partial charge < -0.3 is 24.1 Å². The molecule has 0 atom stereocenters. The lowest BCUT2D eigenvalue weighted by molar-refractivity contribution is 0.0948. The topological polar surface area (TPSA) is 87.5 Å². The molecule has 2 aromatic heterocycles. The molecule has 0 spiro atoms. The Kier molecular flexibility index (Phi) is 6.71. The summed E-state index contributed by atoms with van der Waals surface area (Å²) >= 11 is 1.45. The summed E-state index contributed by atoms with van der Waals surface area (Å²) in [6, 6.07) is 3.65. The largest absolute Gasteiger partial charge is 0.493 e. The third-order valence-electron chi connectivity index (χ3n) is 4.36. The van der Waals surface area contributed by atoms with Crippen molar-refractivity contribution in [1.29, 1.82) is 0 Å². The molecule has 3 rings (SSSR count). The Morgan fingerprint density at radius 3 is 2.48 bits per heavy atom. The number of hydrogen-bond acceptors (Lipinski definition) is 7. The van der Waals surface area contributed by atoms with Gasteiger partial charge >= 0.3 is 0 Å². The summed E-state index contributed by atoms with van der Waals surface area (Å²) in [5.41, 5.74) is 1.23. The van der Waals surface area contributed by atoms with Crippen LogP contribution in [0.4, 0.5) is 0 Å². The van der Waals surface area contributed by atoms with Gasteiger partial charge in [0.15, 0.2) is 11.5 Å². The molecule has 9 heteroatoms. The van der Waals surface area contributed by atoms with Crippen molar-refractivity contribution in [1.82, 2.24) is 19.9 Å². The van der Waals surface area contributed by atoms with Crippen molar-refractivity contribution < 1.29 is 19.0 Å². The van der Waals surface area contributed by atoms with E-state index in [1.807, 2.05) is 29.8 Å². The zero-order chi connectivity index (χ0) is 20.8. The van der Waals surface area contributed by atoms with Gasteiger partial charge in [-0.05, 0) is 25.5 Å². The second-order valence-corrected chi connectivity index (χ2v) is 7.45. The summed E-state index contributed by atoms with van der Waals surface area (Å²) in [5, 5.41) is 3.65. The fourth-order valence-corrected chi connectivity index (χ4v) is 3.80. The number of imidazole rings is 1. The summed E-state index contributed by atoms with van der Waals surface area (Å²) in [6.07, 6.45) is 6.21. The normalized spacial score (nSPS) is 10.6. The van der Waals surface area contributed by atoms with Crippen molar-refractivity contribution in [2.24, 2.45) is 0 Å². The first-order chi connectivity index (χ1) is 14.1. The number of hydrogen-bond donors (Lipinski definition) is 1. The number of ether oxygens (including phenoxy) is 3. The van der Waals surface area contributed by atoms with Crippen LogP contribution in [-0.4, -0.2) is 48.3 Å². The summed E-state index contributed by atoms with van der Waals surface area (Å²) in [7, 11) is 4.69. The highest BCUT2D eigenvalue weighted by Gasteiger charge is 2.19. The highest BCUT2D eigenvalue weighted by Crippen LogP contribution is 2.42. The van der Waals surface area contributed by atoms with Gasteiger partial charge in [-0.1, -0.05) is 0 Å². The van der Waals surface area contributed by atoms with Crippen LogP contribution in [0.5, 0.6) is 17.2 Å². The Morgan fingerprint density at radius 2 is 1.90 bits per heavy atom. The molecule has 0 aliphatic heterocycles. The number of nitrogens with one attached hydrogen (secondary N) is 1. The lowest BCUT2D eigenvalue weighted by Gasteiger charge is -2.13. The molecule has 0 unspecified atom stereocenters. The maximum Gasteiger partial charge on any atom is 0.271 e. The molecular formula is C20H24N4O4S. The highest BCUT2D eigenvalue weighted by atomic mass is 32.1. The van der Waals surface area contributed by atoms with Gasteiger partial charge in [0.25, 0.3) is 5.91 Å². The van der Waals surface area contributed by atoms with E-state index in [4.69, 9.17) is 14.2 Å². The molecule has 0 bridgehead atoms. The van der Waals surface area contributed by atoms with Crippen molar-refractivity contribution >= 4 is 17.2 Å². The number of nitrogens with zero attached hydrogens (tertiary/aromatic N) is 3.